The van der Waals surface area contributed by atoms with E-state index in [2.05, 4.69) is 13.8 Å². The lowest BCUT2D eigenvalue weighted by Gasteiger charge is -2.41. The van der Waals surface area contributed by atoms with Gasteiger partial charge in [-0.15, -0.1) is 0 Å². The summed E-state index contributed by atoms with van der Waals surface area (Å²) in [6, 6.07) is 5.29. The monoisotopic (exact) mass is 314 g/mol. The zero-order valence-corrected chi connectivity index (χ0v) is 13.4. The molecule has 1 N–H and O–H groups in total. The minimum absolute atomic E-state index is 0.239. The number of carbonyl (C=O) groups is 1. The minimum Gasteiger partial charge on any atom is -0.481 e. The molecule has 1 aromatic carbocycles. The number of rotatable bonds is 3. The third-order valence-corrected chi connectivity index (χ3v) is 5.15. The zero-order chi connectivity index (χ0) is 15.0. The normalized spacial score (nSPS) is 20.6. The van der Waals surface area contributed by atoms with Gasteiger partial charge in [0.25, 0.3) is 0 Å². The highest BCUT2D eigenvalue weighted by molar-refractivity contribution is 6.35. The highest BCUT2D eigenvalue weighted by Crippen LogP contribution is 2.47. The van der Waals surface area contributed by atoms with E-state index in [4.69, 9.17) is 23.2 Å². The van der Waals surface area contributed by atoms with Crippen molar-refractivity contribution in [1.29, 1.82) is 0 Å². The Morgan fingerprint density at radius 3 is 2.30 bits per heavy atom. The van der Waals surface area contributed by atoms with Crippen LogP contribution in [0.15, 0.2) is 18.2 Å². The van der Waals surface area contributed by atoms with Gasteiger partial charge in [-0.3, -0.25) is 4.79 Å². The highest BCUT2D eigenvalue weighted by atomic mass is 35.5. The van der Waals surface area contributed by atoms with E-state index < -0.39 is 11.4 Å². The topological polar surface area (TPSA) is 37.3 Å². The second-order valence-corrected chi connectivity index (χ2v) is 7.51. The van der Waals surface area contributed by atoms with Crippen LogP contribution in [-0.2, 0) is 11.2 Å². The van der Waals surface area contributed by atoms with E-state index >= 15 is 0 Å². The Morgan fingerprint density at radius 2 is 1.80 bits per heavy atom. The maximum absolute atomic E-state index is 11.8. The number of hydrogen-bond donors (Lipinski definition) is 1. The van der Waals surface area contributed by atoms with E-state index in [0.717, 1.165) is 18.4 Å². The Bertz CT molecular complexity index is 513. The average molecular weight is 315 g/mol. The Morgan fingerprint density at radius 1 is 1.20 bits per heavy atom. The lowest BCUT2D eigenvalue weighted by atomic mass is 9.63. The first-order chi connectivity index (χ1) is 9.24. The average Bonchev–Trinajstić information content (AvgIpc) is 2.35. The molecule has 0 bridgehead atoms. The maximum atomic E-state index is 11.8. The number of halogens is 2. The molecule has 0 saturated heterocycles. The van der Waals surface area contributed by atoms with E-state index in [9.17, 15) is 9.90 Å². The molecule has 110 valence electrons. The largest absolute Gasteiger partial charge is 0.481 e. The van der Waals surface area contributed by atoms with Crippen LogP contribution in [0.4, 0.5) is 0 Å². The molecule has 0 aliphatic heterocycles. The van der Waals surface area contributed by atoms with Gasteiger partial charge in [-0.1, -0.05) is 43.1 Å². The molecule has 0 amide bonds. The summed E-state index contributed by atoms with van der Waals surface area (Å²) in [5.41, 5.74) is 0.425. The summed E-state index contributed by atoms with van der Waals surface area (Å²) in [5, 5.41) is 10.8. The standard InChI is InChI=1S/C16H20Cl2O2/c1-15(2)5-7-16(8-6-15,14(19)20)10-11-3-4-12(17)9-13(11)18/h3-4,9H,5-8,10H2,1-2H3,(H,19,20). The second kappa shape index (κ2) is 5.57. The fraction of sp³-hybridized carbons (Fsp3) is 0.562. The van der Waals surface area contributed by atoms with Crippen LogP contribution in [0.1, 0.15) is 45.1 Å². The van der Waals surface area contributed by atoms with Crippen LogP contribution >= 0.6 is 23.2 Å². The highest BCUT2D eigenvalue weighted by Gasteiger charge is 2.44. The summed E-state index contributed by atoms with van der Waals surface area (Å²) in [6.07, 6.45) is 3.76. The minimum atomic E-state index is -0.709. The van der Waals surface area contributed by atoms with E-state index in [1.165, 1.54) is 0 Å². The van der Waals surface area contributed by atoms with Gasteiger partial charge in [0.05, 0.1) is 5.41 Å². The van der Waals surface area contributed by atoms with Gasteiger partial charge in [0.1, 0.15) is 0 Å². The third kappa shape index (κ3) is 3.29. The molecule has 2 rings (SSSR count). The van der Waals surface area contributed by atoms with Crippen molar-refractivity contribution in [3.8, 4) is 0 Å². The first-order valence-corrected chi connectivity index (χ1v) is 7.67. The molecule has 0 radical (unpaired) electrons. The molecule has 20 heavy (non-hydrogen) atoms. The lowest BCUT2D eigenvalue weighted by Crippen LogP contribution is -2.39. The molecule has 4 heteroatoms. The van der Waals surface area contributed by atoms with Crippen LogP contribution in [0.5, 0.6) is 0 Å². The molecule has 0 heterocycles. The Hall–Kier alpha value is -0.730. The molecule has 0 atom stereocenters. The smallest absolute Gasteiger partial charge is 0.309 e. The third-order valence-electron chi connectivity index (χ3n) is 4.56. The molecule has 0 aromatic heterocycles. The van der Waals surface area contributed by atoms with Gasteiger partial charge >= 0.3 is 5.97 Å². The molecule has 2 nitrogen and oxygen atoms in total. The maximum Gasteiger partial charge on any atom is 0.309 e. The van der Waals surface area contributed by atoms with Crippen molar-refractivity contribution in [2.45, 2.75) is 46.0 Å². The van der Waals surface area contributed by atoms with Crippen LogP contribution in [0, 0.1) is 10.8 Å². The fourth-order valence-electron chi connectivity index (χ4n) is 2.90. The van der Waals surface area contributed by atoms with E-state index in [0.29, 0.717) is 29.3 Å². The number of benzene rings is 1. The SMILES string of the molecule is CC1(C)CCC(Cc2ccc(Cl)cc2Cl)(C(=O)O)CC1. The van der Waals surface area contributed by atoms with E-state index in [1.54, 1.807) is 12.1 Å². The summed E-state index contributed by atoms with van der Waals surface area (Å²) in [4.78, 5) is 11.8. The van der Waals surface area contributed by atoms with Crippen LogP contribution in [0.2, 0.25) is 10.0 Å². The molecule has 1 aromatic rings. The lowest BCUT2D eigenvalue weighted by molar-refractivity contribution is -0.152. The van der Waals surface area contributed by atoms with Crippen molar-refractivity contribution >= 4 is 29.2 Å². The van der Waals surface area contributed by atoms with E-state index in [1.807, 2.05) is 6.07 Å². The van der Waals surface area contributed by atoms with Crippen molar-refractivity contribution in [1.82, 2.24) is 0 Å². The van der Waals surface area contributed by atoms with Crippen molar-refractivity contribution in [2.24, 2.45) is 10.8 Å². The first-order valence-electron chi connectivity index (χ1n) is 6.92. The first kappa shape index (κ1) is 15.7. The molecule has 1 aliphatic rings. The van der Waals surface area contributed by atoms with Crippen LogP contribution in [0.3, 0.4) is 0 Å². The van der Waals surface area contributed by atoms with Crippen LogP contribution in [-0.4, -0.2) is 11.1 Å². The fourth-order valence-corrected chi connectivity index (χ4v) is 3.38. The molecule has 1 fully saturated rings. The second-order valence-electron chi connectivity index (χ2n) is 6.66. The predicted molar refractivity (Wildman–Crippen MR) is 82.5 cm³/mol. The molecular weight excluding hydrogens is 295 g/mol. The van der Waals surface area contributed by atoms with Gasteiger partial charge in [-0.05, 0) is 55.2 Å². The van der Waals surface area contributed by atoms with Crippen molar-refractivity contribution in [3.05, 3.63) is 33.8 Å². The van der Waals surface area contributed by atoms with Gasteiger partial charge in [0.15, 0.2) is 0 Å². The molecule has 0 unspecified atom stereocenters. The number of carboxylic acids is 1. The van der Waals surface area contributed by atoms with Crippen LogP contribution < -0.4 is 0 Å². The molecular formula is C16H20Cl2O2. The van der Waals surface area contributed by atoms with Gasteiger partial charge < -0.3 is 5.11 Å². The summed E-state index contributed by atoms with van der Waals surface area (Å²) < 4.78 is 0. The quantitative estimate of drug-likeness (QED) is 0.831. The summed E-state index contributed by atoms with van der Waals surface area (Å²) >= 11 is 12.1. The number of hydrogen-bond acceptors (Lipinski definition) is 1. The summed E-state index contributed by atoms with van der Waals surface area (Å²) in [6.45, 7) is 4.40. The number of carboxylic acid groups (broad SMARTS) is 1. The van der Waals surface area contributed by atoms with Crippen molar-refractivity contribution in [3.63, 3.8) is 0 Å². The molecule has 1 saturated carbocycles. The molecule has 0 spiro atoms. The van der Waals surface area contributed by atoms with Crippen molar-refractivity contribution < 1.29 is 9.90 Å². The van der Waals surface area contributed by atoms with Gasteiger partial charge in [-0.25, -0.2) is 0 Å². The predicted octanol–water partition coefficient (Wildman–Crippen LogP) is 5.21. The van der Waals surface area contributed by atoms with Gasteiger partial charge in [0.2, 0.25) is 0 Å². The Balaban J connectivity index is 2.24. The Labute approximate surface area is 130 Å². The van der Waals surface area contributed by atoms with Gasteiger partial charge in [-0.2, -0.15) is 0 Å². The summed E-state index contributed by atoms with van der Waals surface area (Å²) in [7, 11) is 0. The number of aliphatic carboxylic acids is 1. The Kier molecular flexibility index (Phi) is 4.36. The summed E-state index contributed by atoms with van der Waals surface area (Å²) in [5.74, 6) is -0.709. The molecule has 1 aliphatic carbocycles. The zero-order valence-electron chi connectivity index (χ0n) is 11.9. The van der Waals surface area contributed by atoms with Crippen molar-refractivity contribution in [2.75, 3.05) is 0 Å². The van der Waals surface area contributed by atoms with Gasteiger partial charge in [0, 0.05) is 10.0 Å². The van der Waals surface area contributed by atoms with E-state index in [-0.39, 0.29) is 5.41 Å². The van der Waals surface area contributed by atoms with Crippen LogP contribution in [0.25, 0.3) is 0 Å².